The summed E-state index contributed by atoms with van der Waals surface area (Å²) in [6.07, 6.45) is 2.62. The molecule has 0 saturated carbocycles. The number of halogens is 1. The second kappa shape index (κ2) is 6.40. The molecule has 126 valence electrons. The number of benzene rings is 1. The van der Waals surface area contributed by atoms with Crippen LogP contribution in [-0.2, 0) is 14.4 Å². The molecule has 24 heavy (non-hydrogen) atoms. The van der Waals surface area contributed by atoms with Crippen molar-refractivity contribution in [1.29, 1.82) is 0 Å². The number of allylic oxidation sites excluding steroid dienone is 2. The Bertz CT molecular complexity index is 726. The van der Waals surface area contributed by atoms with Crippen molar-refractivity contribution in [1.82, 2.24) is 4.90 Å². The Kier molecular flexibility index (Phi) is 4.45. The number of fused-ring (bicyclic) bond motifs is 1. The van der Waals surface area contributed by atoms with Crippen LogP contribution in [0.25, 0.3) is 0 Å². The van der Waals surface area contributed by atoms with Crippen LogP contribution in [0.2, 0.25) is 0 Å². The van der Waals surface area contributed by atoms with Crippen molar-refractivity contribution in [3.63, 3.8) is 0 Å². The Morgan fingerprint density at radius 2 is 1.83 bits per heavy atom. The largest absolute Gasteiger partial charge is 0.324 e. The molecule has 1 aromatic carbocycles. The number of anilines is 1. The molecular formula is C18H19ClN2O3. The molecule has 0 unspecified atom stereocenters. The van der Waals surface area contributed by atoms with Gasteiger partial charge in [0.25, 0.3) is 0 Å². The predicted molar refractivity (Wildman–Crippen MR) is 91.3 cm³/mol. The molecule has 1 heterocycles. The molecule has 5 nitrogen and oxygen atoms in total. The summed E-state index contributed by atoms with van der Waals surface area (Å²) in [6, 6.07) is 6.49. The van der Waals surface area contributed by atoms with Gasteiger partial charge in [0, 0.05) is 10.7 Å². The first-order valence-electron chi connectivity index (χ1n) is 7.97. The highest BCUT2D eigenvalue weighted by Gasteiger charge is 2.51. The van der Waals surface area contributed by atoms with Crippen molar-refractivity contribution in [2.24, 2.45) is 11.8 Å². The smallest absolute Gasteiger partial charge is 0.247 e. The Morgan fingerprint density at radius 1 is 1.21 bits per heavy atom. The van der Waals surface area contributed by atoms with Crippen molar-refractivity contribution in [2.75, 3.05) is 5.32 Å². The highest BCUT2D eigenvalue weighted by atomic mass is 35.5. The highest BCUT2D eigenvalue weighted by Crippen LogP contribution is 2.39. The molecule has 6 heteroatoms. The van der Waals surface area contributed by atoms with E-state index in [2.05, 4.69) is 5.32 Å². The van der Waals surface area contributed by atoms with Gasteiger partial charge in [0.05, 0.1) is 11.8 Å². The lowest BCUT2D eigenvalue weighted by molar-refractivity contribution is -0.146. The topological polar surface area (TPSA) is 66.5 Å². The van der Waals surface area contributed by atoms with Crippen molar-refractivity contribution in [3.8, 4) is 0 Å². The lowest BCUT2D eigenvalue weighted by Gasteiger charge is -2.22. The van der Waals surface area contributed by atoms with Crippen molar-refractivity contribution in [3.05, 3.63) is 40.9 Å². The lowest BCUT2D eigenvalue weighted by atomic mass is 9.85. The van der Waals surface area contributed by atoms with E-state index in [-0.39, 0.29) is 17.7 Å². The highest BCUT2D eigenvalue weighted by molar-refractivity contribution is 6.30. The predicted octanol–water partition coefficient (Wildman–Crippen LogP) is 2.84. The standard InChI is InChI=1S/C18H19ClN2O3/c1-10-3-6-13(7-4-10)20-16(22)11(2)21-17(23)14-8-5-12(19)9-15(14)18(21)24/h3-7,11,14-15H,8-9H2,1-2H3,(H,20,22)/t11-,14+,15-/m0/s1. The van der Waals surface area contributed by atoms with Gasteiger partial charge in [-0.3, -0.25) is 19.3 Å². The van der Waals surface area contributed by atoms with E-state index < -0.39 is 17.9 Å². The minimum absolute atomic E-state index is 0.281. The number of nitrogens with zero attached hydrogens (tertiary/aromatic N) is 1. The van der Waals surface area contributed by atoms with Gasteiger partial charge in [-0.2, -0.15) is 0 Å². The Balaban J connectivity index is 1.74. The summed E-state index contributed by atoms with van der Waals surface area (Å²) < 4.78 is 0. The van der Waals surface area contributed by atoms with Crippen LogP contribution in [0, 0.1) is 18.8 Å². The van der Waals surface area contributed by atoms with Crippen molar-refractivity contribution in [2.45, 2.75) is 32.7 Å². The molecule has 1 aromatic rings. The number of hydrogen-bond acceptors (Lipinski definition) is 3. The van der Waals surface area contributed by atoms with Gasteiger partial charge in [-0.05, 0) is 38.8 Å². The van der Waals surface area contributed by atoms with Crippen LogP contribution in [0.5, 0.6) is 0 Å². The first kappa shape index (κ1) is 16.7. The minimum atomic E-state index is -0.851. The van der Waals surface area contributed by atoms with E-state index in [0.29, 0.717) is 23.6 Å². The molecule has 0 spiro atoms. The normalized spacial score (nSPS) is 24.5. The maximum Gasteiger partial charge on any atom is 0.247 e. The number of carbonyl (C=O) groups excluding carboxylic acids is 3. The van der Waals surface area contributed by atoms with E-state index in [9.17, 15) is 14.4 Å². The number of amides is 3. The van der Waals surface area contributed by atoms with Crippen LogP contribution in [-0.4, -0.2) is 28.7 Å². The van der Waals surface area contributed by atoms with Crippen LogP contribution in [0.1, 0.15) is 25.3 Å². The second-order valence-electron chi connectivity index (χ2n) is 6.38. The van der Waals surface area contributed by atoms with Crippen LogP contribution < -0.4 is 5.32 Å². The van der Waals surface area contributed by atoms with Gasteiger partial charge >= 0.3 is 0 Å². The van der Waals surface area contributed by atoms with Crippen molar-refractivity contribution < 1.29 is 14.4 Å². The van der Waals surface area contributed by atoms with Gasteiger partial charge in [0.1, 0.15) is 6.04 Å². The fourth-order valence-electron chi connectivity index (χ4n) is 3.24. The van der Waals surface area contributed by atoms with Gasteiger partial charge in [0.2, 0.25) is 17.7 Å². The molecule has 3 rings (SSSR count). The molecule has 2 aliphatic rings. The molecule has 1 aliphatic heterocycles. The Labute approximate surface area is 145 Å². The molecule has 1 aliphatic carbocycles. The maximum atomic E-state index is 12.6. The molecular weight excluding hydrogens is 328 g/mol. The minimum Gasteiger partial charge on any atom is -0.324 e. The number of imide groups is 1. The summed E-state index contributed by atoms with van der Waals surface area (Å²) in [7, 11) is 0. The summed E-state index contributed by atoms with van der Waals surface area (Å²) in [5, 5.41) is 3.36. The summed E-state index contributed by atoms with van der Waals surface area (Å²) in [6.45, 7) is 3.53. The second-order valence-corrected chi connectivity index (χ2v) is 6.87. The lowest BCUT2D eigenvalue weighted by Crippen LogP contribution is -2.46. The third-order valence-corrected chi connectivity index (χ3v) is 5.00. The third kappa shape index (κ3) is 2.96. The molecule has 3 atom stereocenters. The van der Waals surface area contributed by atoms with E-state index in [0.717, 1.165) is 10.5 Å². The van der Waals surface area contributed by atoms with E-state index in [1.807, 2.05) is 19.1 Å². The molecule has 0 radical (unpaired) electrons. The SMILES string of the molecule is Cc1ccc(NC(=O)[C@H](C)N2C(=O)[C@H]3CC(Cl)=CC[C@H]3C2=O)cc1. The first-order valence-corrected chi connectivity index (χ1v) is 8.35. The molecule has 3 amide bonds. The quantitative estimate of drug-likeness (QED) is 0.856. The van der Waals surface area contributed by atoms with Crippen LogP contribution in [0.4, 0.5) is 5.69 Å². The zero-order valence-electron chi connectivity index (χ0n) is 13.6. The molecule has 1 saturated heterocycles. The number of likely N-dealkylation sites (tertiary alicyclic amines) is 1. The average molecular weight is 347 g/mol. The number of rotatable bonds is 3. The van der Waals surface area contributed by atoms with Gasteiger partial charge < -0.3 is 5.32 Å². The molecule has 0 aromatic heterocycles. The van der Waals surface area contributed by atoms with Gasteiger partial charge in [-0.15, -0.1) is 0 Å². The van der Waals surface area contributed by atoms with Gasteiger partial charge in [-0.25, -0.2) is 0 Å². The first-order chi connectivity index (χ1) is 11.4. The number of aryl methyl sites for hydroxylation is 1. The van der Waals surface area contributed by atoms with Crippen LogP contribution >= 0.6 is 11.6 Å². The van der Waals surface area contributed by atoms with Gasteiger partial charge in [-0.1, -0.05) is 35.4 Å². The summed E-state index contributed by atoms with van der Waals surface area (Å²) in [5.41, 5.74) is 1.72. The fraction of sp³-hybridized carbons (Fsp3) is 0.389. The van der Waals surface area contributed by atoms with E-state index >= 15 is 0 Å². The van der Waals surface area contributed by atoms with E-state index in [4.69, 9.17) is 11.6 Å². The fourth-order valence-corrected chi connectivity index (χ4v) is 3.49. The number of hydrogen-bond donors (Lipinski definition) is 1. The third-order valence-electron chi connectivity index (χ3n) is 4.69. The average Bonchev–Trinajstić information content (AvgIpc) is 2.79. The van der Waals surface area contributed by atoms with E-state index in [1.54, 1.807) is 25.1 Å². The monoisotopic (exact) mass is 346 g/mol. The number of carbonyl (C=O) groups is 3. The summed E-state index contributed by atoms with van der Waals surface area (Å²) >= 11 is 6.01. The zero-order valence-corrected chi connectivity index (χ0v) is 14.3. The summed E-state index contributed by atoms with van der Waals surface area (Å²) in [5.74, 6) is -1.79. The van der Waals surface area contributed by atoms with Crippen LogP contribution in [0.15, 0.2) is 35.4 Å². The number of nitrogens with one attached hydrogen (secondary N) is 1. The van der Waals surface area contributed by atoms with Gasteiger partial charge in [0.15, 0.2) is 0 Å². The van der Waals surface area contributed by atoms with E-state index in [1.165, 1.54) is 0 Å². The van der Waals surface area contributed by atoms with Crippen LogP contribution in [0.3, 0.4) is 0 Å². The Hall–Kier alpha value is -2.14. The van der Waals surface area contributed by atoms with Crippen molar-refractivity contribution >= 4 is 35.0 Å². The molecule has 0 bridgehead atoms. The molecule has 1 fully saturated rings. The maximum absolute atomic E-state index is 12.6. The summed E-state index contributed by atoms with van der Waals surface area (Å²) in [4.78, 5) is 38.7. The molecule has 1 N–H and O–H groups in total. The zero-order chi connectivity index (χ0) is 17.4. The Morgan fingerprint density at radius 3 is 2.50 bits per heavy atom.